The number of nitrogens with zero attached hydrogens (tertiary/aromatic N) is 1. The van der Waals surface area contributed by atoms with E-state index in [4.69, 9.17) is 11.6 Å². The van der Waals surface area contributed by atoms with E-state index in [1.165, 1.54) is 6.07 Å². The van der Waals surface area contributed by atoms with Gasteiger partial charge in [0.25, 0.3) is 0 Å². The summed E-state index contributed by atoms with van der Waals surface area (Å²) >= 11 is 5.91. The van der Waals surface area contributed by atoms with Gasteiger partial charge in [0.05, 0.1) is 16.9 Å². The van der Waals surface area contributed by atoms with Crippen LogP contribution in [0.2, 0.25) is 5.02 Å². The maximum atomic E-state index is 12.6. The molecule has 26 heavy (non-hydrogen) atoms. The van der Waals surface area contributed by atoms with Crippen LogP contribution in [0.15, 0.2) is 42.5 Å². The number of phenols is 1. The van der Waals surface area contributed by atoms with E-state index in [2.05, 4.69) is 5.32 Å². The third-order valence-corrected chi connectivity index (χ3v) is 5.77. The van der Waals surface area contributed by atoms with Crippen molar-refractivity contribution in [1.82, 2.24) is 4.90 Å². The molecule has 134 valence electrons. The summed E-state index contributed by atoms with van der Waals surface area (Å²) in [6, 6.07) is 12.6. The molecule has 0 atom stereocenters. The van der Waals surface area contributed by atoms with Gasteiger partial charge in [-0.2, -0.15) is 0 Å². The van der Waals surface area contributed by atoms with Gasteiger partial charge in [0.15, 0.2) is 0 Å². The van der Waals surface area contributed by atoms with Gasteiger partial charge in [0, 0.05) is 18.8 Å². The van der Waals surface area contributed by atoms with Crippen LogP contribution in [0.5, 0.6) is 5.75 Å². The Hall–Kier alpha value is -2.53. The lowest BCUT2D eigenvalue weighted by atomic mass is 9.73. The molecule has 2 N–H and O–H groups in total. The van der Waals surface area contributed by atoms with Crippen molar-refractivity contribution in [2.45, 2.75) is 24.7 Å². The van der Waals surface area contributed by atoms with Gasteiger partial charge in [-0.15, -0.1) is 0 Å². The molecule has 0 bridgehead atoms. The highest BCUT2D eigenvalue weighted by molar-refractivity contribution is 6.32. The van der Waals surface area contributed by atoms with E-state index in [1.54, 1.807) is 17.0 Å². The van der Waals surface area contributed by atoms with Crippen molar-refractivity contribution < 1.29 is 14.7 Å². The van der Waals surface area contributed by atoms with Crippen molar-refractivity contribution in [3.8, 4) is 5.75 Å². The molecule has 4 rings (SSSR count). The molecule has 5 nitrogen and oxygen atoms in total. The van der Waals surface area contributed by atoms with Gasteiger partial charge in [-0.05, 0) is 42.2 Å². The molecule has 0 aromatic heterocycles. The molecule has 2 aromatic carbocycles. The molecule has 1 spiro atoms. The van der Waals surface area contributed by atoms with E-state index >= 15 is 0 Å². The van der Waals surface area contributed by atoms with Gasteiger partial charge in [-0.1, -0.05) is 35.9 Å². The second-order valence-electron chi connectivity index (χ2n) is 6.93. The number of piperidine rings is 1. The topological polar surface area (TPSA) is 69.6 Å². The number of benzene rings is 2. The summed E-state index contributed by atoms with van der Waals surface area (Å²) in [4.78, 5) is 27.0. The number of hydrogen-bond acceptors (Lipinski definition) is 3. The Bertz CT molecular complexity index is 888. The Morgan fingerprint density at radius 1 is 1.19 bits per heavy atom. The van der Waals surface area contributed by atoms with Crippen LogP contribution in [0.1, 0.15) is 24.0 Å². The van der Waals surface area contributed by atoms with Crippen molar-refractivity contribution in [2.75, 3.05) is 18.4 Å². The summed E-state index contributed by atoms with van der Waals surface area (Å²) < 4.78 is 0. The Morgan fingerprint density at radius 3 is 2.65 bits per heavy atom. The minimum absolute atomic E-state index is 0.00768. The number of anilines is 1. The lowest BCUT2D eigenvalue weighted by molar-refractivity contribution is -0.134. The quantitative estimate of drug-likeness (QED) is 0.853. The molecule has 2 heterocycles. The summed E-state index contributed by atoms with van der Waals surface area (Å²) in [5.41, 5.74) is 2.18. The Morgan fingerprint density at radius 2 is 1.92 bits per heavy atom. The summed E-state index contributed by atoms with van der Waals surface area (Å²) in [6.45, 7) is 1.10. The van der Waals surface area contributed by atoms with Crippen LogP contribution in [0.3, 0.4) is 0 Å². The standard InChI is InChI=1S/C20H19ClN2O3/c21-15-11-13(5-6-17(15)24)12-18(25)23-9-7-20(8-10-23)14-3-1-2-4-16(14)22-19(20)26/h1-6,11,24H,7-10,12H2,(H,22,26). The number of phenolic OH excluding ortho intramolecular Hbond substituents is 1. The number of halogens is 1. The number of aromatic hydroxyl groups is 1. The number of hydrogen-bond donors (Lipinski definition) is 2. The fourth-order valence-corrected chi connectivity index (χ4v) is 4.16. The summed E-state index contributed by atoms with van der Waals surface area (Å²) in [5, 5.41) is 12.7. The Balaban J connectivity index is 1.46. The van der Waals surface area contributed by atoms with Crippen molar-refractivity contribution in [2.24, 2.45) is 0 Å². The highest BCUT2D eigenvalue weighted by Gasteiger charge is 2.48. The fourth-order valence-electron chi connectivity index (χ4n) is 3.95. The highest BCUT2D eigenvalue weighted by atomic mass is 35.5. The first-order valence-corrected chi connectivity index (χ1v) is 9.03. The van der Waals surface area contributed by atoms with E-state index in [-0.39, 0.29) is 29.0 Å². The first-order chi connectivity index (χ1) is 12.5. The van der Waals surface area contributed by atoms with E-state index in [9.17, 15) is 14.7 Å². The number of fused-ring (bicyclic) bond motifs is 2. The van der Waals surface area contributed by atoms with Crippen molar-refractivity contribution in [1.29, 1.82) is 0 Å². The van der Waals surface area contributed by atoms with E-state index in [0.29, 0.717) is 25.9 Å². The van der Waals surface area contributed by atoms with Crippen LogP contribution >= 0.6 is 11.6 Å². The zero-order valence-electron chi connectivity index (χ0n) is 14.2. The van der Waals surface area contributed by atoms with Crippen LogP contribution in [0.4, 0.5) is 5.69 Å². The van der Waals surface area contributed by atoms with Gasteiger partial charge in [0.1, 0.15) is 5.75 Å². The van der Waals surface area contributed by atoms with Gasteiger partial charge in [-0.25, -0.2) is 0 Å². The van der Waals surface area contributed by atoms with Gasteiger partial charge < -0.3 is 15.3 Å². The minimum atomic E-state index is -0.519. The molecule has 0 aliphatic carbocycles. The molecule has 0 radical (unpaired) electrons. The average Bonchev–Trinajstić information content (AvgIpc) is 2.91. The molecule has 6 heteroatoms. The first kappa shape index (κ1) is 16.9. The van der Waals surface area contributed by atoms with E-state index < -0.39 is 5.41 Å². The predicted octanol–water partition coefficient (Wildman–Crippen LogP) is 3.10. The van der Waals surface area contributed by atoms with Gasteiger partial charge >= 0.3 is 0 Å². The van der Waals surface area contributed by atoms with Crippen molar-refractivity contribution in [3.05, 3.63) is 58.6 Å². The van der Waals surface area contributed by atoms with E-state index in [0.717, 1.165) is 16.8 Å². The van der Waals surface area contributed by atoms with Gasteiger partial charge in [-0.3, -0.25) is 9.59 Å². The molecule has 2 amide bonds. The number of likely N-dealkylation sites (tertiary alicyclic amines) is 1. The second kappa shape index (κ2) is 6.32. The molecule has 0 saturated carbocycles. The third kappa shape index (κ3) is 2.72. The van der Waals surface area contributed by atoms with E-state index in [1.807, 2.05) is 24.3 Å². The van der Waals surface area contributed by atoms with Crippen LogP contribution in [0, 0.1) is 0 Å². The normalized spacial score (nSPS) is 17.9. The lowest BCUT2D eigenvalue weighted by Crippen LogP contribution is -2.48. The Kier molecular flexibility index (Phi) is 4.11. The molecule has 2 aromatic rings. The summed E-state index contributed by atoms with van der Waals surface area (Å²) in [6.07, 6.45) is 1.48. The van der Waals surface area contributed by atoms with Gasteiger partial charge in [0.2, 0.25) is 11.8 Å². The molecule has 1 fully saturated rings. The molecule has 2 aliphatic heterocycles. The highest BCUT2D eigenvalue weighted by Crippen LogP contribution is 2.44. The SMILES string of the molecule is O=C(Cc1ccc(O)c(Cl)c1)N1CCC2(CC1)C(=O)Nc1ccccc12. The van der Waals surface area contributed by atoms with Crippen LogP contribution in [-0.4, -0.2) is 34.9 Å². The summed E-state index contributed by atoms with van der Waals surface area (Å²) in [7, 11) is 0. The minimum Gasteiger partial charge on any atom is -0.506 e. The number of carbonyl (C=O) groups is 2. The van der Waals surface area contributed by atoms with Crippen LogP contribution in [-0.2, 0) is 21.4 Å². The number of rotatable bonds is 2. The summed E-state index contributed by atoms with van der Waals surface area (Å²) in [5.74, 6) is 0.0538. The number of amides is 2. The first-order valence-electron chi connectivity index (χ1n) is 8.66. The number of para-hydroxylation sites is 1. The van der Waals surface area contributed by atoms with Crippen molar-refractivity contribution in [3.63, 3.8) is 0 Å². The zero-order valence-corrected chi connectivity index (χ0v) is 14.9. The lowest BCUT2D eigenvalue weighted by Gasteiger charge is -2.38. The molecular weight excluding hydrogens is 352 g/mol. The fraction of sp³-hybridized carbons (Fsp3) is 0.300. The maximum Gasteiger partial charge on any atom is 0.235 e. The molecule has 1 saturated heterocycles. The second-order valence-corrected chi connectivity index (χ2v) is 7.33. The zero-order chi connectivity index (χ0) is 18.3. The number of nitrogens with one attached hydrogen (secondary N) is 1. The predicted molar refractivity (Wildman–Crippen MR) is 99.4 cm³/mol. The van der Waals surface area contributed by atoms with Crippen LogP contribution in [0.25, 0.3) is 0 Å². The monoisotopic (exact) mass is 370 g/mol. The molecule has 0 unspecified atom stereocenters. The average molecular weight is 371 g/mol. The largest absolute Gasteiger partial charge is 0.506 e. The van der Waals surface area contributed by atoms with Crippen molar-refractivity contribution >= 4 is 29.1 Å². The molecule has 2 aliphatic rings. The maximum absolute atomic E-state index is 12.6. The molecular formula is C20H19ClN2O3. The third-order valence-electron chi connectivity index (χ3n) is 5.46. The Labute approximate surface area is 156 Å². The smallest absolute Gasteiger partial charge is 0.235 e. The number of carbonyl (C=O) groups excluding carboxylic acids is 2. The van der Waals surface area contributed by atoms with Crippen LogP contribution < -0.4 is 5.32 Å².